The molecule has 0 radical (unpaired) electrons. The molecule has 18 heavy (non-hydrogen) atoms. The van der Waals surface area contributed by atoms with E-state index in [-0.39, 0.29) is 11.2 Å². The highest BCUT2D eigenvalue weighted by Crippen LogP contribution is 2.29. The van der Waals surface area contributed by atoms with Crippen LogP contribution in [0.2, 0.25) is 0 Å². The maximum Gasteiger partial charge on any atom is 0.273 e. The summed E-state index contributed by atoms with van der Waals surface area (Å²) in [7, 11) is 0. The highest BCUT2D eigenvalue weighted by atomic mass is 79.9. The molecule has 0 aliphatic heterocycles. The van der Waals surface area contributed by atoms with Crippen molar-refractivity contribution >= 4 is 21.6 Å². The van der Waals surface area contributed by atoms with Gasteiger partial charge in [-0.1, -0.05) is 0 Å². The third-order valence-corrected chi connectivity index (χ3v) is 2.80. The number of rotatable bonds is 5. The van der Waals surface area contributed by atoms with Crippen LogP contribution in [0.5, 0.6) is 5.75 Å². The topological polar surface area (TPSA) is 64.4 Å². The first-order valence-electron chi connectivity index (χ1n) is 5.61. The fraction of sp³-hybridized carbons (Fsp3) is 0.500. The molecule has 0 saturated heterocycles. The van der Waals surface area contributed by atoms with E-state index in [1.54, 1.807) is 6.07 Å². The van der Waals surface area contributed by atoms with Crippen LogP contribution in [-0.4, -0.2) is 23.6 Å². The van der Waals surface area contributed by atoms with Crippen LogP contribution in [0.3, 0.4) is 0 Å². The molecule has 0 heterocycles. The lowest BCUT2D eigenvalue weighted by Crippen LogP contribution is -2.38. The monoisotopic (exact) mass is 316 g/mol. The van der Waals surface area contributed by atoms with Crippen LogP contribution < -0.4 is 10.1 Å². The van der Waals surface area contributed by atoms with E-state index in [0.717, 1.165) is 0 Å². The molecule has 0 unspecified atom stereocenters. The summed E-state index contributed by atoms with van der Waals surface area (Å²) in [5.74, 6) is 0.486. The Morgan fingerprint density at radius 1 is 1.44 bits per heavy atom. The summed E-state index contributed by atoms with van der Waals surface area (Å²) in [6.45, 7) is 7.33. The van der Waals surface area contributed by atoms with Crippen LogP contribution >= 0.6 is 15.9 Å². The molecule has 1 aromatic carbocycles. The second-order valence-corrected chi connectivity index (χ2v) is 5.75. The van der Waals surface area contributed by atoms with Gasteiger partial charge >= 0.3 is 0 Å². The van der Waals surface area contributed by atoms with Crippen molar-refractivity contribution < 1.29 is 9.66 Å². The second-order valence-electron chi connectivity index (χ2n) is 4.90. The van der Waals surface area contributed by atoms with Gasteiger partial charge in [0.25, 0.3) is 5.69 Å². The molecule has 0 aromatic heterocycles. The van der Waals surface area contributed by atoms with Gasteiger partial charge in [0.2, 0.25) is 0 Å². The molecule has 0 aliphatic rings. The van der Waals surface area contributed by atoms with E-state index >= 15 is 0 Å². The average molecular weight is 317 g/mol. The van der Waals surface area contributed by atoms with Crippen LogP contribution in [0, 0.1) is 10.1 Å². The fourth-order valence-electron chi connectivity index (χ4n) is 1.30. The standard InChI is InChI=1S/C12H17BrN2O3/c1-12(2,3)14-6-7-18-11-8-9(15(16)17)4-5-10(11)13/h4-5,8,14H,6-7H2,1-3H3. The summed E-state index contributed by atoms with van der Waals surface area (Å²) in [5, 5.41) is 13.9. The van der Waals surface area contributed by atoms with E-state index in [4.69, 9.17) is 4.74 Å². The van der Waals surface area contributed by atoms with Crippen LogP contribution in [0.4, 0.5) is 5.69 Å². The molecule has 5 nitrogen and oxygen atoms in total. The van der Waals surface area contributed by atoms with E-state index < -0.39 is 4.92 Å². The van der Waals surface area contributed by atoms with Gasteiger partial charge in [0.05, 0.1) is 15.5 Å². The number of non-ortho nitro benzene ring substituents is 1. The zero-order chi connectivity index (χ0) is 13.8. The summed E-state index contributed by atoms with van der Waals surface area (Å²) in [6.07, 6.45) is 0. The van der Waals surface area contributed by atoms with Gasteiger partial charge in [-0.15, -0.1) is 0 Å². The second kappa shape index (κ2) is 6.15. The first kappa shape index (κ1) is 14.9. The zero-order valence-electron chi connectivity index (χ0n) is 10.7. The molecule has 100 valence electrons. The molecule has 1 aromatic rings. The van der Waals surface area contributed by atoms with Crippen molar-refractivity contribution in [3.63, 3.8) is 0 Å². The highest BCUT2D eigenvalue weighted by Gasteiger charge is 2.11. The Kier molecular flexibility index (Phi) is 5.10. The highest BCUT2D eigenvalue weighted by molar-refractivity contribution is 9.10. The van der Waals surface area contributed by atoms with Crippen molar-refractivity contribution in [3.05, 3.63) is 32.8 Å². The van der Waals surface area contributed by atoms with Crippen molar-refractivity contribution in [1.82, 2.24) is 5.32 Å². The van der Waals surface area contributed by atoms with E-state index in [1.807, 2.05) is 0 Å². The first-order chi connectivity index (χ1) is 8.29. The van der Waals surface area contributed by atoms with Gasteiger partial charge in [0.1, 0.15) is 12.4 Å². The Hall–Kier alpha value is -1.14. The molecule has 1 N–H and O–H groups in total. The predicted molar refractivity (Wildman–Crippen MR) is 74.0 cm³/mol. The van der Waals surface area contributed by atoms with Gasteiger partial charge in [-0.2, -0.15) is 0 Å². The number of hydrogen-bond acceptors (Lipinski definition) is 4. The molecule has 0 atom stereocenters. The van der Waals surface area contributed by atoms with Crippen molar-refractivity contribution in [2.75, 3.05) is 13.2 Å². The van der Waals surface area contributed by atoms with Crippen molar-refractivity contribution in [2.24, 2.45) is 0 Å². The van der Waals surface area contributed by atoms with E-state index in [1.165, 1.54) is 12.1 Å². The Morgan fingerprint density at radius 2 is 2.11 bits per heavy atom. The lowest BCUT2D eigenvalue weighted by molar-refractivity contribution is -0.385. The van der Waals surface area contributed by atoms with Crippen molar-refractivity contribution in [3.8, 4) is 5.75 Å². The Labute approximate surface area is 115 Å². The summed E-state index contributed by atoms with van der Waals surface area (Å²) in [6, 6.07) is 4.47. The summed E-state index contributed by atoms with van der Waals surface area (Å²) < 4.78 is 6.22. The quantitative estimate of drug-likeness (QED) is 0.515. The van der Waals surface area contributed by atoms with E-state index in [0.29, 0.717) is 23.4 Å². The normalized spacial score (nSPS) is 11.3. The third-order valence-electron chi connectivity index (χ3n) is 2.14. The third kappa shape index (κ3) is 5.01. The average Bonchev–Trinajstić information content (AvgIpc) is 2.24. The molecule has 0 saturated carbocycles. The number of nitrogens with zero attached hydrogens (tertiary/aromatic N) is 1. The minimum absolute atomic E-state index is 0.0250. The minimum Gasteiger partial charge on any atom is -0.491 e. The lowest BCUT2D eigenvalue weighted by atomic mass is 10.1. The van der Waals surface area contributed by atoms with Gasteiger partial charge in [-0.25, -0.2) is 0 Å². The minimum atomic E-state index is -0.438. The number of nitro benzene ring substituents is 1. The number of nitro groups is 1. The van der Waals surface area contributed by atoms with Crippen molar-refractivity contribution in [1.29, 1.82) is 0 Å². The Bertz CT molecular complexity index is 430. The molecule has 6 heteroatoms. The number of ether oxygens (including phenoxy) is 1. The SMILES string of the molecule is CC(C)(C)NCCOc1cc([N+](=O)[O-])ccc1Br. The molecular weight excluding hydrogens is 300 g/mol. The number of benzene rings is 1. The van der Waals surface area contributed by atoms with Crippen LogP contribution in [0.25, 0.3) is 0 Å². The molecule has 0 spiro atoms. The van der Waals surface area contributed by atoms with Gasteiger partial charge in [0, 0.05) is 18.2 Å². The molecule has 0 fully saturated rings. The van der Waals surface area contributed by atoms with Gasteiger partial charge < -0.3 is 10.1 Å². The number of halogens is 1. The molecule has 0 aliphatic carbocycles. The largest absolute Gasteiger partial charge is 0.491 e. The Morgan fingerprint density at radius 3 is 2.67 bits per heavy atom. The summed E-state index contributed by atoms with van der Waals surface area (Å²) >= 11 is 3.30. The lowest BCUT2D eigenvalue weighted by Gasteiger charge is -2.20. The summed E-state index contributed by atoms with van der Waals surface area (Å²) in [4.78, 5) is 10.2. The zero-order valence-corrected chi connectivity index (χ0v) is 12.3. The predicted octanol–water partition coefficient (Wildman–Crippen LogP) is 3.12. The smallest absolute Gasteiger partial charge is 0.273 e. The molecular formula is C12H17BrN2O3. The van der Waals surface area contributed by atoms with Crippen molar-refractivity contribution in [2.45, 2.75) is 26.3 Å². The van der Waals surface area contributed by atoms with E-state index in [9.17, 15) is 10.1 Å². The maximum atomic E-state index is 10.6. The van der Waals surface area contributed by atoms with Crippen LogP contribution in [-0.2, 0) is 0 Å². The summed E-state index contributed by atoms with van der Waals surface area (Å²) in [5.41, 5.74) is 0.0560. The fourth-order valence-corrected chi connectivity index (χ4v) is 1.66. The molecule has 0 amide bonds. The maximum absolute atomic E-state index is 10.6. The van der Waals surface area contributed by atoms with E-state index in [2.05, 4.69) is 42.0 Å². The molecule has 1 rings (SSSR count). The van der Waals surface area contributed by atoms with Crippen LogP contribution in [0.1, 0.15) is 20.8 Å². The van der Waals surface area contributed by atoms with Gasteiger partial charge in [0.15, 0.2) is 0 Å². The number of nitrogens with one attached hydrogen (secondary N) is 1. The van der Waals surface area contributed by atoms with Gasteiger partial charge in [-0.05, 0) is 42.8 Å². The Balaban J connectivity index is 2.56. The number of hydrogen-bond donors (Lipinski definition) is 1. The van der Waals surface area contributed by atoms with Gasteiger partial charge in [-0.3, -0.25) is 10.1 Å². The molecule has 0 bridgehead atoms. The first-order valence-corrected chi connectivity index (χ1v) is 6.41. The van der Waals surface area contributed by atoms with Crippen LogP contribution in [0.15, 0.2) is 22.7 Å².